The van der Waals surface area contributed by atoms with Crippen molar-refractivity contribution in [1.29, 1.82) is 0 Å². The summed E-state index contributed by atoms with van der Waals surface area (Å²) >= 11 is 1.57. The van der Waals surface area contributed by atoms with E-state index in [0.717, 1.165) is 10.6 Å². The van der Waals surface area contributed by atoms with Gasteiger partial charge in [0.1, 0.15) is 0 Å². The zero-order valence-electron chi connectivity index (χ0n) is 7.66. The van der Waals surface area contributed by atoms with Crippen LogP contribution in [0.2, 0.25) is 0 Å². The van der Waals surface area contributed by atoms with Gasteiger partial charge in [-0.25, -0.2) is 0 Å². The maximum absolute atomic E-state index is 11.5. The van der Waals surface area contributed by atoms with Crippen LogP contribution in [0.5, 0.6) is 0 Å². The summed E-state index contributed by atoms with van der Waals surface area (Å²) in [5.74, 6) is -0.0570. The van der Waals surface area contributed by atoms with Crippen LogP contribution in [0.4, 0.5) is 5.69 Å². The predicted molar refractivity (Wildman–Crippen MR) is 55.8 cm³/mol. The normalized spacial score (nSPS) is 14.1. The van der Waals surface area contributed by atoms with Crippen molar-refractivity contribution in [3.8, 4) is 0 Å². The molecule has 0 radical (unpaired) electrons. The van der Waals surface area contributed by atoms with Crippen LogP contribution in [0.3, 0.4) is 0 Å². The molecule has 0 atom stereocenters. The highest BCUT2D eigenvalue weighted by Gasteiger charge is 2.30. The van der Waals surface area contributed by atoms with E-state index in [4.69, 9.17) is 0 Å². The lowest BCUT2D eigenvalue weighted by Crippen LogP contribution is -2.12. The van der Waals surface area contributed by atoms with Gasteiger partial charge in [0, 0.05) is 4.90 Å². The molecule has 0 bridgehead atoms. The third-order valence-electron chi connectivity index (χ3n) is 2.01. The zero-order valence-corrected chi connectivity index (χ0v) is 8.48. The van der Waals surface area contributed by atoms with Gasteiger partial charge in [-0.05, 0) is 17.9 Å². The van der Waals surface area contributed by atoms with E-state index in [1.165, 1.54) is 0 Å². The summed E-state index contributed by atoms with van der Waals surface area (Å²) in [5, 5.41) is 2.54. The van der Waals surface area contributed by atoms with Gasteiger partial charge in [0.05, 0.1) is 11.3 Å². The summed E-state index contributed by atoms with van der Waals surface area (Å²) in [7, 11) is 0. The van der Waals surface area contributed by atoms with Crippen molar-refractivity contribution in [2.75, 3.05) is 11.1 Å². The third kappa shape index (κ3) is 1.32. The molecular weight excluding hydrogens is 198 g/mol. The first-order valence-corrected chi connectivity index (χ1v) is 5.34. The van der Waals surface area contributed by atoms with Crippen molar-refractivity contribution < 1.29 is 9.59 Å². The second-order valence-corrected chi connectivity index (χ2v) is 4.20. The van der Waals surface area contributed by atoms with E-state index in [1.54, 1.807) is 17.8 Å². The van der Waals surface area contributed by atoms with Gasteiger partial charge in [-0.2, -0.15) is 0 Å². The van der Waals surface area contributed by atoms with Crippen LogP contribution in [0.1, 0.15) is 17.3 Å². The summed E-state index contributed by atoms with van der Waals surface area (Å²) in [4.78, 5) is 23.5. The number of rotatable bonds is 2. The summed E-state index contributed by atoms with van der Waals surface area (Å²) in [6.07, 6.45) is 0. The Balaban J connectivity index is 2.52. The van der Waals surface area contributed by atoms with Crippen LogP contribution < -0.4 is 5.32 Å². The second kappa shape index (κ2) is 3.46. The molecule has 0 spiro atoms. The van der Waals surface area contributed by atoms with Crippen molar-refractivity contribution >= 4 is 29.1 Å². The number of nitrogens with one attached hydrogen (secondary N) is 1. The number of amides is 1. The molecule has 1 aliphatic heterocycles. The summed E-state index contributed by atoms with van der Waals surface area (Å²) < 4.78 is 0. The highest BCUT2D eigenvalue weighted by molar-refractivity contribution is 7.99. The van der Waals surface area contributed by atoms with Crippen molar-refractivity contribution in [3.63, 3.8) is 0 Å². The molecule has 0 aliphatic carbocycles. The van der Waals surface area contributed by atoms with E-state index in [0.29, 0.717) is 11.3 Å². The Bertz CT molecular complexity index is 415. The van der Waals surface area contributed by atoms with Crippen molar-refractivity contribution in [1.82, 2.24) is 0 Å². The van der Waals surface area contributed by atoms with Crippen molar-refractivity contribution in [3.05, 3.63) is 23.8 Å². The highest BCUT2D eigenvalue weighted by atomic mass is 32.2. The van der Waals surface area contributed by atoms with Gasteiger partial charge in [-0.1, -0.05) is 13.0 Å². The molecule has 0 unspecified atom stereocenters. The van der Waals surface area contributed by atoms with Crippen LogP contribution in [0.15, 0.2) is 23.1 Å². The molecule has 1 aromatic rings. The van der Waals surface area contributed by atoms with Gasteiger partial charge < -0.3 is 5.32 Å². The number of Topliss-reactive ketones (excluding diaryl/α,β-unsaturated/α-hetero) is 1. The smallest absolute Gasteiger partial charge is 0.296 e. The van der Waals surface area contributed by atoms with Gasteiger partial charge in [0.25, 0.3) is 11.7 Å². The molecule has 4 heteroatoms. The highest BCUT2D eigenvalue weighted by Crippen LogP contribution is 2.32. The van der Waals surface area contributed by atoms with E-state index in [-0.39, 0.29) is 0 Å². The zero-order chi connectivity index (χ0) is 10.1. The Morgan fingerprint density at radius 2 is 2.14 bits per heavy atom. The molecule has 1 heterocycles. The van der Waals surface area contributed by atoms with Crippen LogP contribution in [0.25, 0.3) is 0 Å². The average Bonchev–Trinajstić information content (AvgIpc) is 2.45. The third-order valence-corrected chi connectivity index (χ3v) is 2.95. The number of thioether (sulfide) groups is 1. The molecular formula is C10H9NO2S. The fourth-order valence-corrected chi connectivity index (χ4v) is 2.27. The summed E-state index contributed by atoms with van der Waals surface area (Å²) in [5.41, 5.74) is 1.17. The summed E-state index contributed by atoms with van der Waals surface area (Å²) in [6.45, 7) is 2.01. The van der Waals surface area contributed by atoms with Crippen LogP contribution >= 0.6 is 11.8 Å². The van der Waals surface area contributed by atoms with Gasteiger partial charge in [0.15, 0.2) is 0 Å². The molecule has 2 rings (SSSR count). The first-order valence-electron chi connectivity index (χ1n) is 4.35. The Labute approximate surface area is 85.9 Å². The number of fused-ring (bicyclic) bond motifs is 1. The number of benzene rings is 1. The van der Waals surface area contributed by atoms with Gasteiger partial charge >= 0.3 is 0 Å². The molecule has 0 aromatic heterocycles. The topological polar surface area (TPSA) is 46.2 Å². The van der Waals surface area contributed by atoms with E-state index in [9.17, 15) is 9.59 Å². The van der Waals surface area contributed by atoms with E-state index in [2.05, 4.69) is 5.32 Å². The molecule has 0 saturated heterocycles. The lowest BCUT2D eigenvalue weighted by atomic mass is 10.1. The largest absolute Gasteiger partial charge is 0.318 e. The van der Waals surface area contributed by atoms with Crippen LogP contribution in [-0.4, -0.2) is 17.4 Å². The fraction of sp³-hybridized carbons (Fsp3) is 0.200. The predicted octanol–water partition coefficient (Wildman–Crippen LogP) is 1.93. The standard InChI is InChI=1S/C10H9NO2S/c1-2-14-7-5-3-4-6-8(7)9(12)10(13)11-6/h3-5H,2H2,1H3,(H,11,12,13). The molecule has 1 N–H and O–H groups in total. The van der Waals surface area contributed by atoms with Gasteiger partial charge in [0.2, 0.25) is 0 Å². The minimum absolute atomic E-state index is 0.420. The van der Waals surface area contributed by atoms with Crippen LogP contribution in [0, 0.1) is 0 Å². The lowest BCUT2D eigenvalue weighted by molar-refractivity contribution is -0.112. The van der Waals surface area contributed by atoms with Crippen molar-refractivity contribution in [2.24, 2.45) is 0 Å². The Morgan fingerprint density at radius 3 is 2.86 bits per heavy atom. The molecule has 72 valence electrons. The number of carbonyl (C=O) groups is 2. The maximum Gasteiger partial charge on any atom is 0.296 e. The molecule has 0 saturated carbocycles. The lowest BCUT2D eigenvalue weighted by Gasteiger charge is -2.02. The van der Waals surface area contributed by atoms with E-state index < -0.39 is 11.7 Å². The number of hydrogen-bond donors (Lipinski definition) is 1. The maximum atomic E-state index is 11.5. The Morgan fingerprint density at radius 1 is 1.36 bits per heavy atom. The first kappa shape index (κ1) is 9.27. The van der Waals surface area contributed by atoms with Gasteiger partial charge in [-0.15, -0.1) is 11.8 Å². The molecule has 1 aliphatic rings. The number of anilines is 1. The molecule has 3 nitrogen and oxygen atoms in total. The fourth-order valence-electron chi connectivity index (χ4n) is 1.44. The second-order valence-electron chi connectivity index (χ2n) is 2.89. The molecule has 0 fully saturated rings. The number of hydrogen-bond acceptors (Lipinski definition) is 3. The first-order chi connectivity index (χ1) is 6.74. The Kier molecular flexibility index (Phi) is 2.29. The molecule has 1 aromatic carbocycles. The van der Waals surface area contributed by atoms with Crippen molar-refractivity contribution in [2.45, 2.75) is 11.8 Å². The monoisotopic (exact) mass is 207 g/mol. The molecule has 14 heavy (non-hydrogen) atoms. The number of carbonyl (C=O) groups excluding carboxylic acids is 2. The van der Waals surface area contributed by atoms with Crippen LogP contribution in [-0.2, 0) is 4.79 Å². The van der Waals surface area contributed by atoms with E-state index in [1.807, 2.05) is 19.1 Å². The quantitative estimate of drug-likeness (QED) is 0.595. The van der Waals surface area contributed by atoms with Gasteiger partial charge in [-0.3, -0.25) is 9.59 Å². The average molecular weight is 207 g/mol. The Hall–Kier alpha value is -1.29. The SMILES string of the molecule is CCSc1cccc2c1C(=O)C(=O)N2. The minimum Gasteiger partial charge on any atom is -0.318 e. The number of ketones is 1. The summed E-state index contributed by atoms with van der Waals surface area (Å²) in [6, 6.07) is 5.46. The minimum atomic E-state index is -0.524. The molecule has 1 amide bonds. The van der Waals surface area contributed by atoms with E-state index >= 15 is 0 Å².